The van der Waals surface area contributed by atoms with Gasteiger partial charge >= 0.3 is 0 Å². The van der Waals surface area contributed by atoms with Crippen LogP contribution in [0.3, 0.4) is 0 Å². The Balaban J connectivity index is 1.53. The maximum atomic E-state index is 12.5. The molecule has 0 atom stereocenters. The van der Waals surface area contributed by atoms with Crippen LogP contribution in [0.2, 0.25) is 0 Å². The number of amides is 2. The van der Waals surface area contributed by atoms with E-state index in [0.29, 0.717) is 22.9 Å². The first-order chi connectivity index (χ1) is 15.7. The third-order valence-electron chi connectivity index (χ3n) is 4.46. The number of rotatable bonds is 10. The van der Waals surface area contributed by atoms with Crippen LogP contribution >= 0.6 is 0 Å². The molecule has 0 aromatic heterocycles. The Morgan fingerprint density at radius 1 is 0.848 bits per heavy atom. The minimum Gasteiger partial charge on any atom is -0.497 e. The molecule has 33 heavy (non-hydrogen) atoms. The zero-order chi connectivity index (χ0) is 23.8. The van der Waals surface area contributed by atoms with Crippen LogP contribution < -0.4 is 25.2 Å². The molecule has 0 radical (unpaired) electrons. The molecule has 3 aromatic carbocycles. The lowest BCUT2D eigenvalue weighted by atomic mass is 10.1. The van der Waals surface area contributed by atoms with Crippen LogP contribution in [0.4, 0.5) is 11.4 Å². The molecule has 9 nitrogen and oxygen atoms in total. The van der Waals surface area contributed by atoms with Gasteiger partial charge in [-0.3, -0.25) is 14.3 Å². The second kappa shape index (κ2) is 10.5. The number of sulfonamides is 1. The highest BCUT2D eigenvalue weighted by atomic mass is 32.2. The molecule has 0 unspecified atom stereocenters. The first-order valence-electron chi connectivity index (χ1n) is 9.82. The number of ether oxygens (including phenoxy) is 2. The van der Waals surface area contributed by atoms with E-state index in [1.54, 1.807) is 48.5 Å². The molecule has 10 heteroatoms. The van der Waals surface area contributed by atoms with Crippen molar-refractivity contribution in [3.8, 4) is 11.5 Å². The van der Waals surface area contributed by atoms with E-state index in [4.69, 9.17) is 15.2 Å². The predicted octanol–water partition coefficient (Wildman–Crippen LogP) is 2.54. The van der Waals surface area contributed by atoms with Gasteiger partial charge in [0.25, 0.3) is 15.9 Å². The predicted molar refractivity (Wildman–Crippen MR) is 124 cm³/mol. The summed E-state index contributed by atoms with van der Waals surface area (Å²) in [5.74, 6) is 0.125. The fourth-order valence-corrected chi connectivity index (χ4v) is 3.90. The molecule has 172 valence electrons. The van der Waals surface area contributed by atoms with Gasteiger partial charge in [0.1, 0.15) is 11.5 Å². The number of nitrogens with two attached hydrogens (primary N) is 1. The van der Waals surface area contributed by atoms with Crippen LogP contribution in [0.15, 0.2) is 77.7 Å². The quantitative estimate of drug-likeness (QED) is 0.417. The average Bonchev–Trinajstić information content (AvgIpc) is 2.79. The number of carbonyl (C=O) groups excluding carboxylic acids is 2. The minimum atomic E-state index is -3.79. The second-order valence-corrected chi connectivity index (χ2v) is 8.66. The van der Waals surface area contributed by atoms with Crippen molar-refractivity contribution in [2.24, 2.45) is 5.73 Å². The van der Waals surface area contributed by atoms with E-state index in [9.17, 15) is 18.0 Å². The molecule has 0 bridgehead atoms. The van der Waals surface area contributed by atoms with Gasteiger partial charge < -0.3 is 20.5 Å². The zero-order valence-corrected chi connectivity index (χ0v) is 18.6. The third-order valence-corrected chi connectivity index (χ3v) is 5.86. The molecule has 3 rings (SSSR count). The summed E-state index contributed by atoms with van der Waals surface area (Å²) < 4.78 is 38.1. The number of nitrogens with one attached hydrogen (secondary N) is 2. The molecule has 0 fully saturated rings. The lowest BCUT2D eigenvalue weighted by Gasteiger charge is -2.10. The number of anilines is 2. The minimum absolute atomic E-state index is 0.0474. The Morgan fingerprint density at radius 3 is 2.00 bits per heavy atom. The molecular weight excluding hydrogens is 446 g/mol. The van der Waals surface area contributed by atoms with E-state index in [1.165, 1.54) is 31.4 Å². The van der Waals surface area contributed by atoms with Gasteiger partial charge in [0.05, 0.1) is 18.4 Å². The van der Waals surface area contributed by atoms with Crippen molar-refractivity contribution < 1.29 is 27.5 Å². The molecule has 0 saturated carbocycles. The molecule has 0 spiro atoms. The average molecular weight is 470 g/mol. The number of hydrogen-bond acceptors (Lipinski definition) is 6. The van der Waals surface area contributed by atoms with E-state index in [1.807, 2.05) is 0 Å². The summed E-state index contributed by atoms with van der Waals surface area (Å²) in [7, 11) is -2.26. The second-order valence-electron chi connectivity index (χ2n) is 6.98. The number of methoxy groups -OCH3 is 1. The van der Waals surface area contributed by atoms with E-state index >= 15 is 0 Å². The molecule has 2 amide bonds. The van der Waals surface area contributed by atoms with Crippen LogP contribution in [-0.4, -0.2) is 33.9 Å². The van der Waals surface area contributed by atoms with E-state index in [2.05, 4.69) is 10.0 Å². The van der Waals surface area contributed by atoms with Gasteiger partial charge in [0, 0.05) is 11.4 Å². The number of benzene rings is 3. The van der Waals surface area contributed by atoms with Gasteiger partial charge in [-0.1, -0.05) is 12.1 Å². The molecule has 0 aliphatic carbocycles. The van der Waals surface area contributed by atoms with Crippen molar-refractivity contribution in [1.82, 2.24) is 0 Å². The standard InChI is InChI=1S/C23H23N3O6S/c1-31-19-8-6-18(7-9-19)26-33(29,30)21-12-10-20(11-13-21)32-15-23(28)25-17-4-2-16(3-5-17)14-22(24)27/h2-13,26H,14-15H2,1H3,(H2,24,27)(H,25,28). The molecule has 3 aromatic rings. The smallest absolute Gasteiger partial charge is 0.262 e. The van der Waals surface area contributed by atoms with Gasteiger partial charge in [0.2, 0.25) is 5.91 Å². The zero-order valence-electron chi connectivity index (χ0n) is 17.8. The Hall–Kier alpha value is -4.05. The first-order valence-corrected chi connectivity index (χ1v) is 11.3. The summed E-state index contributed by atoms with van der Waals surface area (Å²) >= 11 is 0. The van der Waals surface area contributed by atoms with E-state index in [-0.39, 0.29) is 17.9 Å². The first kappa shape index (κ1) is 23.6. The van der Waals surface area contributed by atoms with Crippen LogP contribution in [0.25, 0.3) is 0 Å². The highest BCUT2D eigenvalue weighted by molar-refractivity contribution is 7.92. The van der Waals surface area contributed by atoms with Crippen LogP contribution in [-0.2, 0) is 26.0 Å². The SMILES string of the molecule is COc1ccc(NS(=O)(=O)c2ccc(OCC(=O)Nc3ccc(CC(N)=O)cc3)cc2)cc1. The lowest BCUT2D eigenvalue weighted by molar-refractivity contribution is -0.118. The van der Waals surface area contributed by atoms with Crippen molar-refractivity contribution in [3.63, 3.8) is 0 Å². The summed E-state index contributed by atoms with van der Waals surface area (Å²) in [6, 6.07) is 18.9. The normalized spacial score (nSPS) is 10.8. The fraction of sp³-hybridized carbons (Fsp3) is 0.130. The van der Waals surface area contributed by atoms with Crippen molar-refractivity contribution in [2.45, 2.75) is 11.3 Å². The Kier molecular flexibility index (Phi) is 7.52. The number of carbonyl (C=O) groups is 2. The summed E-state index contributed by atoms with van der Waals surface area (Å²) in [4.78, 5) is 23.1. The van der Waals surface area contributed by atoms with Crippen molar-refractivity contribution in [2.75, 3.05) is 23.8 Å². The summed E-state index contributed by atoms with van der Waals surface area (Å²) in [6.45, 7) is -0.265. The van der Waals surface area contributed by atoms with Crippen molar-refractivity contribution in [1.29, 1.82) is 0 Å². The largest absolute Gasteiger partial charge is 0.497 e. The summed E-state index contributed by atoms with van der Waals surface area (Å²) in [5.41, 5.74) is 6.84. The monoisotopic (exact) mass is 469 g/mol. The van der Waals surface area contributed by atoms with Crippen LogP contribution in [0.5, 0.6) is 11.5 Å². The molecule has 0 aliphatic heterocycles. The topological polar surface area (TPSA) is 137 Å². The molecule has 0 aliphatic rings. The maximum absolute atomic E-state index is 12.5. The Labute approximate surface area is 191 Å². The number of primary amides is 1. The Morgan fingerprint density at radius 2 is 1.42 bits per heavy atom. The van der Waals surface area contributed by atoms with Crippen LogP contribution in [0.1, 0.15) is 5.56 Å². The number of hydrogen-bond donors (Lipinski definition) is 3. The summed E-state index contributed by atoms with van der Waals surface area (Å²) in [5, 5.41) is 2.67. The van der Waals surface area contributed by atoms with Crippen molar-refractivity contribution >= 4 is 33.2 Å². The van der Waals surface area contributed by atoms with Gasteiger partial charge in [0.15, 0.2) is 6.61 Å². The van der Waals surface area contributed by atoms with Crippen LogP contribution in [0, 0.1) is 0 Å². The van der Waals surface area contributed by atoms with Gasteiger partial charge in [-0.25, -0.2) is 8.42 Å². The highest BCUT2D eigenvalue weighted by Gasteiger charge is 2.14. The lowest BCUT2D eigenvalue weighted by Crippen LogP contribution is -2.20. The van der Waals surface area contributed by atoms with E-state index < -0.39 is 21.8 Å². The molecule has 4 N–H and O–H groups in total. The van der Waals surface area contributed by atoms with E-state index in [0.717, 1.165) is 5.56 Å². The fourth-order valence-electron chi connectivity index (χ4n) is 2.84. The highest BCUT2D eigenvalue weighted by Crippen LogP contribution is 2.21. The van der Waals surface area contributed by atoms with Gasteiger partial charge in [-0.15, -0.1) is 0 Å². The molecule has 0 heterocycles. The van der Waals surface area contributed by atoms with Gasteiger partial charge in [-0.2, -0.15) is 0 Å². The van der Waals surface area contributed by atoms with Gasteiger partial charge in [-0.05, 0) is 66.2 Å². The third kappa shape index (κ3) is 6.97. The van der Waals surface area contributed by atoms with Crippen molar-refractivity contribution in [3.05, 3.63) is 78.4 Å². The molecular formula is C23H23N3O6S. The maximum Gasteiger partial charge on any atom is 0.262 e. The summed E-state index contributed by atoms with van der Waals surface area (Å²) in [6.07, 6.45) is 0.124. The molecule has 0 saturated heterocycles. The Bertz CT molecular complexity index is 1210.